The van der Waals surface area contributed by atoms with Gasteiger partial charge in [0.1, 0.15) is 5.82 Å². The van der Waals surface area contributed by atoms with Crippen molar-refractivity contribution >= 4 is 5.91 Å². The van der Waals surface area contributed by atoms with E-state index in [1.54, 1.807) is 0 Å². The van der Waals surface area contributed by atoms with Crippen LogP contribution in [0.3, 0.4) is 0 Å². The van der Waals surface area contributed by atoms with Crippen molar-refractivity contribution in [3.05, 3.63) is 36.2 Å². The molecule has 0 bridgehead atoms. The third kappa shape index (κ3) is 4.00. The van der Waals surface area contributed by atoms with Crippen LogP contribution in [0.15, 0.2) is 24.7 Å². The SMILES string of the molecule is Cc1ccn(CCC(=O)N2CCC[C@@H](Cn3ccnc3C)C2)n1. The first-order chi connectivity index (χ1) is 11.1. The molecule has 0 unspecified atom stereocenters. The van der Waals surface area contributed by atoms with E-state index in [4.69, 9.17) is 0 Å². The number of hydrogen-bond acceptors (Lipinski definition) is 3. The molecule has 124 valence electrons. The summed E-state index contributed by atoms with van der Waals surface area (Å²) in [6.07, 6.45) is 8.59. The van der Waals surface area contributed by atoms with Crippen molar-refractivity contribution in [2.45, 2.75) is 46.2 Å². The molecule has 1 aliphatic rings. The molecule has 23 heavy (non-hydrogen) atoms. The first kappa shape index (κ1) is 15.8. The average Bonchev–Trinajstić information content (AvgIpc) is 3.14. The molecule has 6 nitrogen and oxygen atoms in total. The maximum Gasteiger partial charge on any atom is 0.224 e. The van der Waals surface area contributed by atoms with Crippen molar-refractivity contribution in [2.75, 3.05) is 13.1 Å². The molecule has 0 N–H and O–H groups in total. The number of carbonyl (C=O) groups excluding carboxylic acids is 1. The molecule has 1 fully saturated rings. The molecule has 0 radical (unpaired) electrons. The number of rotatable bonds is 5. The predicted octanol–water partition coefficient (Wildman–Crippen LogP) is 2.03. The Kier molecular flexibility index (Phi) is 4.79. The molecule has 0 aliphatic carbocycles. The number of carbonyl (C=O) groups is 1. The zero-order valence-electron chi connectivity index (χ0n) is 14.0. The third-order valence-electron chi connectivity index (χ3n) is 4.58. The highest BCUT2D eigenvalue weighted by Crippen LogP contribution is 2.19. The van der Waals surface area contributed by atoms with Gasteiger partial charge in [-0.2, -0.15) is 5.10 Å². The van der Waals surface area contributed by atoms with Crippen molar-refractivity contribution in [1.29, 1.82) is 0 Å². The molecule has 1 atom stereocenters. The van der Waals surface area contributed by atoms with Gasteiger partial charge in [0.2, 0.25) is 5.91 Å². The summed E-state index contributed by atoms with van der Waals surface area (Å²) in [6, 6.07) is 1.97. The Bertz CT molecular complexity index is 659. The lowest BCUT2D eigenvalue weighted by Gasteiger charge is -2.33. The highest BCUT2D eigenvalue weighted by Gasteiger charge is 2.24. The van der Waals surface area contributed by atoms with Crippen molar-refractivity contribution in [3.63, 3.8) is 0 Å². The van der Waals surface area contributed by atoms with Gasteiger partial charge < -0.3 is 9.47 Å². The summed E-state index contributed by atoms with van der Waals surface area (Å²) in [5, 5.41) is 4.34. The zero-order chi connectivity index (χ0) is 16.2. The monoisotopic (exact) mass is 315 g/mol. The molecule has 6 heteroatoms. The maximum atomic E-state index is 12.5. The average molecular weight is 315 g/mol. The van der Waals surface area contributed by atoms with Crippen LogP contribution in [-0.2, 0) is 17.9 Å². The molecule has 3 rings (SSSR count). The van der Waals surface area contributed by atoms with Crippen LogP contribution < -0.4 is 0 Å². The van der Waals surface area contributed by atoms with Crippen LogP contribution in [0.5, 0.6) is 0 Å². The number of amides is 1. The van der Waals surface area contributed by atoms with E-state index in [1.165, 1.54) is 6.42 Å². The van der Waals surface area contributed by atoms with Crippen molar-refractivity contribution in [3.8, 4) is 0 Å². The van der Waals surface area contributed by atoms with E-state index >= 15 is 0 Å². The number of nitrogens with zero attached hydrogens (tertiary/aromatic N) is 5. The van der Waals surface area contributed by atoms with Gasteiger partial charge in [-0.15, -0.1) is 0 Å². The van der Waals surface area contributed by atoms with Crippen LogP contribution >= 0.6 is 0 Å². The fourth-order valence-corrected chi connectivity index (χ4v) is 3.27. The summed E-state index contributed by atoms with van der Waals surface area (Å²) in [6.45, 7) is 7.34. The molecular formula is C17H25N5O. The van der Waals surface area contributed by atoms with Gasteiger partial charge in [0.05, 0.1) is 5.69 Å². The van der Waals surface area contributed by atoms with Gasteiger partial charge in [-0.25, -0.2) is 4.98 Å². The highest BCUT2D eigenvalue weighted by atomic mass is 16.2. The number of aryl methyl sites for hydroxylation is 3. The van der Waals surface area contributed by atoms with E-state index in [-0.39, 0.29) is 5.91 Å². The minimum absolute atomic E-state index is 0.241. The molecule has 1 aliphatic heterocycles. The van der Waals surface area contributed by atoms with Gasteiger partial charge in [0, 0.05) is 51.2 Å². The highest BCUT2D eigenvalue weighted by molar-refractivity contribution is 5.76. The van der Waals surface area contributed by atoms with Gasteiger partial charge in [-0.3, -0.25) is 9.48 Å². The molecule has 3 heterocycles. The Hall–Kier alpha value is -2.11. The van der Waals surface area contributed by atoms with Gasteiger partial charge >= 0.3 is 0 Å². The predicted molar refractivity (Wildman–Crippen MR) is 87.8 cm³/mol. The lowest BCUT2D eigenvalue weighted by Crippen LogP contribution is -2.41. The fourth-order valence-electron chi connectivity index (χ4n) is 3.27. The second-order valence-electron chi connectivity index (χ2n) is 6.45. The molecule has 0 aromatic carbocycles. The standard InChI is InChI=1S/C17H25N5O/c1-14-5-9-22(19-14)10-6-17(23)21-8-3-4-16(13-21)12-20-11-7-18-15(20)2/h5,7,9,11,16H,3-4,6,8,10,12-13H2,1-2H3/t16-/m0/s1. The van der Waals surface area contributed by atoms with E-state index in [9.17, 15) is 4.79 Å². The number of piperidine rings is 1. The number of hydrogen-bond donors (Lipinski definition) is 0. The van der Waals surface area contributed by atoms with Crippen molar-refractivity contribution in [2.24, 2.45) is 5.92 Å². The maximum absolute atomic E-state index is 12.5. The smallest absolute Gasteiger partial charge is 0.224 e. The summed E-state index contributed by atoms with van der Waals surface area (Å²) < 4.78 is 4.04. The largest absolute Gasteiger partial charge is 0.342 e. The molecule has 0 spiro atoms. The van der Waals surface area contributed by atoms with E-state index in [2.05, 4.69) is 14.6 Å². The van der Waals surface area contributed by atoms with Crippen LogP contribution in [-0.4, -0.2) is 43.2 Å². The van der Waals surface area contributed by atoms with Gasteiger partial charge in [-0.05, 0) is 38.7 Å². The van der Waals surface area contributed by atoms with E-state index in [1.807, 2.05) is 48.1 Å². The topological polar surface area (TPSA) is 56.0 Å². The first-order valence-corrected chi connectivity index (χ1v) is 8.37. The van der Waals surface area contributed by atoms with E-state index in [0.717, 1.165) is 37.6 Å². The van der Waals surface area contributed by atoms with Crippen LogP contribution in [0.1, 0.15) is 30.8 Å². The summed E-state index contributed by atoms with van der Waals surface area (Å²) in [5.41, 5.74) is 0.992. The first-order valence-electron chi connectivity index (χ1n) is 8.37. The minimum Gasteiger partial charge on any atom is -0.342 e. The Balaban J connectivity index is 1.51. The van der Waals surface area contributed by atoms with Gasteiger partial charge in [0.15, 0.2) is 0 Å². The van der Waals surface area contributed by atoms with E-state index in [0.29, 0.717) is 18.9 Å². The normalized spacial score (nSPS) is 18.3. The Morgan fingerprint density at radius 2 is 2.22 bits per heavy atom. The number of imidazole rings is 1. The summed E-state index contributed by atoms with van der Waals surface area (Å²) >= 11 is 0. The number of aromatic nitrogens is 4. The van der Waals surface area contributed by atoms with Gasteiger partial charge in [0.25, 0.3) is 0 Å². The minimum atomic E-state index is 0.241. The molecule has 2 aromatic rings. The second kappa shape index (κ2) is 6.98. The van der Waals surface area contributed by atoms with Crippen LogP contribution in [0.25, 0.3) is 0 Å². The van der Waals surface area contributed by atoms with Crippen LogP contribution in [0.2, 0.25) is 0 Å². The second-order valence-corrected chi connectivity index (χ2v) is 6.45. The van der Waals surface area contributed by atoms with Crippen molar-refractivity contribution < 1.29 is 4.79 Å². The number of likely N-dealkylation sites (tertiary alicyclic amines) is 1. The Morgan fingerprint density at radius 3 is 2.91 bits per heavy atom. The van der Waals surface area contributed by atoms with Crippen LogP contribution in [0, 0.1) is 19.8 Å². The summed E-state index contributed by atoms with van der Waals surface area (Å²) in [4.78, 5) is 18.8. The lowest BCUT2D eigenvalue weighted by molar-refractivity contribution is -0.133. The molecule has 1 saturated heterocycles. The lowest BCUT2D eigenvalue weighted by atomic mass is 9.97. The Morgan fingerprint density at radius 1 is 1.35 bits per heavy atom. The van der Waals surface area contributed by atoms with Crippen LogP contribution in [0.4, 0.5) is 0 Å². The third-order valence-corrected chi connectivity index (χ3v) is 4.58. The molecule has 1 amide bonds. The van der Waals surface area contributed by atoms with Crippen molar-refractivity contribution in [1.82, 2.24) is 24.2 Å². The van der Waals surface area contributed by atoms with Gasteiger partial charge in [-0.1, -0.05) is 0 Å². The fraction of sp³-hybridized carbons (Fsp3) is 0.588. The van der Waals surface area contributed by atoms with E-state index < -0.39 is 0 Å². The summed E-state index contributed by atoms with van der Waals surface area (Å²) in [5.74, 6) is 1.81. The zero-order valence-corrected chi connectivity index (χ0v) is 14.0. The quantitative estimate of drug-likeness (QED) is 0.848. The molecule has 0 saturated carbocycles. The Labute approximate surface area is 137 Å². The summed E-state index contributed by atoms with van der Waals surface area (Å²) in [7, 11) is 0. The molecule has 2 aromatic heterocycles. The molecular weight excluding hydrogens is 290 g/mol.